The molecule has 3 aromatic rings. The van der Waals surface area contributed by atoms with Crippen LogP contribution in [-0.4, -0.2) is 29.8 Å². The molecule has 4 N–H and O–H groups in total. The predicted molar refractivity (Wildman–Crippen MR) is 124 cm³/mol. The van der Waals surface area contributed by atoms with Gasteiger partial charge in [-0.2, -0.15) is 0 Å². The fourth-order valence-electron chi connectivity index (χ4n) is 3.50. The van der Waals surface area contributed by atoms with Crippen LogP contribution in [0.5, 0.6) is 0 Å². The van der Waals surface area contributed by atoms with Crippen LogP contribution in [0.15, 0.2) is 84.9 Å². The Hall–Kier alpha value is -3.93. The van der Waals surface area contributed by atoms with E-state index in [1.54, 1.807) is 0 Å². The monoisotopic (exact) mass is 429 g/mol. The van der Waals surface area contributed by atoms with Gasteiger partial charge in [-0.3, -0.25) is 14.4 Å². The Labute approximate surface area is 187 Å². The Kier molecular flexibility index (Phi) is 7.75. The molecule has 0 radical (unpaired) electrons. The van der Waals surface area contributed by atoms with Crippen LogP contribution in [0, 0.1) is 0 Å². The Morgan fingerprint density at radius 1 is 0.688 bits per heavy atom. The number of carbonyl (C=O) groups is 3. The Balaban J connectivity index is 1.69. The number of carbonyl (C=O) groups excluding carboxylic acids is 3. The molecule has 3 aromatic carbocycles. The third-order valence-electron chi connectivity index (χ3n) is 5.14. The molecule has 0 aliphatic heterocycles. The van der Waals surface area contributed by atoms with Crippen molar-refractivity contribution in [2.24, 2.45) is 5.73 Å². The number of hydrogen-bond donors (Lipinski definition) is 3. The van der Waals surface area contributed by atoms with E-state index >= 15 is 0 Å². The first-order chi connectivity index (χ1) is 15.4. The van der Waals surface area contributed by atoms with Crippen molar-refractivity contribution in [3.63, 3.8) is 0 Å². The minimum absolute atomic E-state index is 0.258. The number of hydrogen-bond acceptors (Lipinski definition) is 3. The van der Waals surface area contributed by atoms with Gasteiger partial charge in [0.05, 0.1) is 0 Å². The Morgan fingerprint density at radius 2 is 1.19 bits per heavy atom. The minimum Gasteiger partial charge on any atom is -0.368 e. The summed E-state index contributed by atoms with van der Waals surface area (Å²) >= 11 is 0. The van der Waals surface area contributed by atoms with Gasteiger partial charge in [0.2, 0.25) is 17.7 Å². The van der Waals surface area contributed by atoms with Crippen molar-refractivity contribution in [1.29, 1.82) is 0 Å². The summed E-state index contributed by atoms with van der Waals surface area (Å²) in [5, 5.41) is 5.37. The smallest absolute Gasteiger partial charge is 0.243 e. The summed E-state index contributed by atoms with van der Waals surface area (Å²) in [5.41, 5.74) is 9.49. The van der Waals surface area contributed by atoms with Crippen molar-refractivity contribution >= 4 is 17.7 Å². The van der Waals surface area contributed by atoms with E-state index in [9.17, 15) is 14.4 Å². The molecule has 6 heteroatoms. The fraction of sp³-hybridized carbons (Fsp3) is 0.192. The molecule has 3 amide bonds. The van der Waals surface area contributed by atoms with Gasteiger partial charge < -0.3 is 16.4 Å². The molecule has 6 nitrogen and oxygen atoms in total. The van der Waals surface area contributed by atoms with E-state index in [1.807, 2.05) is 84.9 Å². The van der Waals surface area contributed by atoms with Crippen LogP contribution >= 0.6 is 0 Å². The van der Waals surface area contributed by atoms with Gasteiger partial charge in [-0.1, -0.05) is 84.9 Å². The van der Waals surface area contributed by atoms with Crippen molar-refractivity contribution in [2.45, 2.75) is 31.8 Å². The Morgan fingerprint density at radius 3 is 1.75 bits per heavy atom. The van der Waals surface area contributed by atoms with E-state index in [2.05, 4.69) is 10.6 Å². The van der Waals surface area contributed by atoms with Crippen LogP contribution in [0.1, 0.15) is 18.1 Å². The molecule has 2 atom stereocenters. The number of primary amides is 1. The van der Waals surface area contributed by atoms with E-state index < -0.39 is 23.9 Å². The fourth-order valence-corrected chi connectivity index (χ4v) is 3.50. The van der Waals surface area contributed by atoms with Crippen LogP contribution in [-0.2, 0) is 27.2 Å². The molecule has 0 aliphatic carbocycles. The van der Waals surface area contributed by atoms with Gasteiger partial charge in [-0.05, 0) is 22.3 Å². The number of benzene rings is 3. The highest BCUT2D eigenvalue weighted by molar-refractivity contribution is 5.91. The second kappa shape index (κ2) is 10.9. The van der Waals surface area contributed by atoms with Crippen molar-refractivity contribution < 1.29 is 14.4 Å². The third-order valence-corrected chi connectivity index (χ3v) is 5.14. The van der Waals surface area contributed by atoms with Crippen molar-refractivity contribution in [1.82, 2.24) is 10.6 Å². The summed E-state index contributed by atoms with van der Waals surface area (Å²) in [5.74, 6) is -1.41. The van der Waals surface area contributed by atoms with Crippen molar-refractivity contribution in [2.75, 3.05) is 0 Å². The SMILES string of the molecule is CC(=O)N[C@H](Cc1ccccc1)C(=O)N[C@@H](Cc1ccc(-c2ccccc2)cc1)C(N)=O. The lowest BCUT2D eigenvalue weighted by Crippen LogP contribution is -2.54. The third kappa shape index (κ3) is 6.54. The first-order valence-electron chi connectivity index (χ1n) is 10.5. The topological polar surface area (TPSA) is 101 Å². The molecule has 0 unspecified atom stereocenters. The molecule has 0 saturated heterocycles. The van der Waals surface area contributed by atoms with Gasteiger partial charge in [0.1, 0.15) is 12.1 Å². The van der Waals surface area contributed by atoms with Gasteiger partial charge >= 0.3 is 0 Å². The number of rotatable bonds is 9. The molecule has 0 spiro atoms. The molecule has 164 valence electrons. The number of nitrogens with one attached hydrogen (secondary N) is 2. The van der Waals surface area contributed by atoms with Crippen LogP contribution in [0.3, 0.4) is 0 Å². The van der Waals surface area contributed by atoms with Crippen LogP contribution < -0.4 is 16.4 Å². The second-order valence-corrected chi connectivity index (χ2v) is 7.67. The zero-order valence-electron chi connectivity index (χ0n) is 18.0. The van der Waals surface area contributed by atoms with Gasteiger partial charge in [0, 0.05) is 19.8 Å². The van der Waals surface area contributed by atoms with Crippen LogP contribution in [0.4, 0.5) is 0 Å². The zero-order valence-corrected chi connectivity index (χ0v) is 18.0. The van der Waals surface area contributed by atoms with Gasteiger partial charge in [0.25, 0.3) is 0 Å². The summed E-state index contributed by atoms with van der Waals surface area (Å²) in [4.78, 5) is 36.6. The van der Waals surface area contributed by atoms with Gasteiger partial charge in [0.15, 0.2) is 0 Å². The number of amides is 3. The van der Waals surface area contributed by atoms with E-state index in [1.165, 1.54) is 6.92 Å². The maximum Gasteiger partial charge on any atom is 0.243 e. The molecule has 0 bridgehead atoms. The van der Waals surface area contributed by atoms with Crippen LogP contribution in [0.2, 0.25) is 0 Å². The summed E-state index contributed by atoms with van der Waals surface area (Å²) in [7, 11) is 0. The largest absolute Gasteiger partial charge is 0.368 e. The molecule has 32 heavy (non-hydrogen) atoms. The summed E-state index contributed by atoms with van der Waals surface area (Å²) in [6, 6.07) is 25.4. The molecule has 0 saturated carbocycles. The van der Waals surface area contributed by atoms with Crippen molar-refractivity contribution in [3.8, 4) is 11.1 Å². The molecule has 0 fully saturated rings. The zero-order chi connectivity index (χ0) is 22.9. The summed E-state index contributed by atoms with van der Waals surface area (Å²) in [6.45, 7) is 1.35. The first-order valence-corrected chi connectivity index (χ1v) is 10.5. The average molecular weight is 430 g/mol. The quantitative estimate of drug-likeness (QED) is 0.487. The summed E-state index contributed by atoms with van der Waals surface area (Å²) < 4.78 is 0. The minimum atomic E-state index is -0.892. The lowest BCUT2D eigenvalue weighted by molar-refractivity contribution is -0.130. The van der Waals surface area contributed by atoms with E-state index in [-0.39, 0.29) is 12.3 Å². The highest BCUT2D eigenvalue weighted by Gasteiger charge is 2.25. The maximum absolute atomic E-state index is 12.9. The van der Waals surface area contributed by atoms with E-state index in [0.29, 0.717) is 6.42 Å². The average Bonchev–Trinajstić information content (AvgIpc) is 2.79. The molecule has 3 rings (SSSR count). The van der Waals surface area contributed by atoms with Crippen molar-refractivity contribution in [3.05, 3.63) is 96.1 Å². The normalized spacial score (nSPS) is 12.4. The predicted octanol–water partition coefficient (Wildman–Crippen LogP) is 2.61. The van der Waals surface area contributed by atoms with Crippen LogP contribution in [0.25, 0.3) is 11.1 Å². The number of nitrogens with two attached hydrogens (primary N) is 1. The molecule has 0 aliphatic rings. The standard InChI is InChI=1S/C26H27N3O3/c1-18(30)28-24(17-19-8-4-2-5-9-19)26(32)29-23(25(27)31)16-20-12-14-22(15-13-20)21-10-6-3-7-11-21/h2-15,23-24H,16-17H2,1H3,(H2,27,31)(H,28,30)(H,29,32)/t23-,24+/m0/s1. The molecular weight excluding hydrogens is 402 g/mol. The maximum atomic E-state index is 12.9. The highest BCUT2D eigenvalue weighted by Crippen LogP contribution is 2.19. The molecular formula is C26H27N3O3. The lowest BCUT2D eigenvalue weighted by atomic mass is 9.99. The van der Waals surface area contributed by atoms with E-state index in [4.69, 9.17) is 5.73 Å². The molecule has 0 heterocycles. The van der Waals surface area contributed by atoms with Gasteiger partial charge in [-0.15, -0.1) is 0 Å². The molecule has 0 aromatic heterocycles. The lowest BCUT2D eigenvalue weighted by Gasteiger charge is -2.22. The van der Waals surface area contributed by atoms with E-state index in [0.717, 1.165) is 22.3 Å². The highest BCUT2D eigenvalue weighted by atomic mass is 16.2. The van der Waals surface area contributed by atoms with Gasteiger partial charge in [-0.25, -0.2) is 0 Å². The first kappa shape index (κ1) is 22.7. The Bertz CT molecular complexity index is 1050. The second-order valence-electron chi connectivity index (χ2n) is 7.67. The summed E-state index contributed by atoms with van der Waals surface area (Å²) in [6.07, 6.45) is 0.567.